The van der Waals surface area contributed by atoms with E-state index in [1.165, 1.54) is 11.8 Å². The highest BCUT2D eigenvalue weighted by Gasteiger charge is 2.20. The summed E-state index contributed by atoms with van der Waals surface area (Å²) in [6.07, 6.45) is 0. The summed E-state index contributed by atoms with van der Waals surface area (Å²) in [5.41, 5.74) is 3.66. The molecule has 35 heavy (non-hydrogen) atoms. The van der Waals surface area contributed by atoms with E-state index in [0.717, 1.165) is 21.8 Å². The molecule has 0 bridgehead atoms. The monoisotopic (exact) mass is 521 g/mol. The molecule has 0 unspecified atom stereocenters. The van der Waals surface area contributed by atoms with E-state index in [2.05, 4.69) is 16.4 Å². The van der Waals surface area contributed by atoms with Crippen LogP contribution in [0.15, 0.2) is 53.0 Å². The van der Waals surface area contributed by atoms with Gasteiger partial charge in [0.05, 0.1) is 11.4 Å². The van der Waals surface area contributed by atoms with Gasteiger partial charge in [-0.1, -0.05) is 35.5 Å². The normalized spacial score (nSPS) is 12.1. The minimum atomic E-state index is 0.0972. The first-order chi connectivity index (χ1) is 17.0. The van der Waals surface area contributed by atoms with Crippen LogP contribution in [0.5, 0.6) is 11.5 Å². The highest BCUT2D eigenvalue weighted by Crippen LogP contribution is 2.38. The van der Waals surface area contributed by atoms with Crippen LogP contribution in [-0.2, 0) is 5.75 Å². The second-order valence-electron chi connectivity index (χ2n) is 8.00. The van der Waals surface area contributed by atoms with E-state index < -0.39 is 0 Å². The molecule has 4 aromatic rings. The zero-order valence-electron chi connectivity index (χ0n) is 18.9. The summed E-state index contributed by atoms with van der Waals surface area (Å²) in [4.78, 5) is 14.2. The predicted molar refractivity (Wildman–Crippen MR) is 139 cm³/mol. The second-order valence-corrected chi connectivity index (χ2v) is 10.2. The minimum Gasteiger partial charge on any atom is -0.454 e. The molecule has 0 radical (unpaired) electrons. The van der Waals surface area contributed by atoms with Crippen LogP contribution in [0.1, 0.15) is 25.1 Å². The molecule has 2 aromatic heterocycles. The largest absolute Gasteiger partial charge is 0.454 e. The Morgan fingerprint density at radius 1 is 1.09 bits per heavy atom. The van der Waals surface area contributed by atoms with Crippen LogP contribution in [0, 0.1) is 11.3 Å². The summed E-state index contributed by atoms with van der Waals surface area (Å²) in [5, 5.41) is 17.5. The molecule has 0 saturated carbocycles. The molecule has 1 N–H and O–H groups in total. The number of nitrogens with one attached hydrogen (secondary N) is 1. The maximum Gasteiger partial charge on any atom is 0.231 e. The molecule has 1 aliphatic rings. The van der Waals surface area contributed by atoms with Crippen LogP contribution in [-0.4, -0.2) is 27.8 Å². The Morgan fingerprint density at radius 2 is 1.86 bits per heavy atom. The lowest BCUT2D eigenvalue weighted by Crippen LogP contribution is -2.14. The Kier molecular flexibility index (Phi) is 6.77. The predicted octanol–water partition coefficient (Wildman–Crippen LogP) is 6.63. The molecule has 0 atom stereocenters. The van der Waals surface area contributed by atoms with Crippen molar-refractivity contribution in [1.82, 2.24) is 15.0 Å². The number of aromatic nitrogens is 3. The first-order valence-electron chi connectivity index (χ1n) is 10.8. The molecule has 1 aliphatic heterocycles. The Hall–Kier alpha value is -3.32. The number of hydrogen-bond acceptors (Lipinski definition) is 9. The average Bonchev–Trinajstić information content (AvgIpc) is 3.52. The van der Waals surface area contributed by atoms with Crippen LogP contribution >= 0.6 is 34.7 Å². The molecule has 0 amide bonds. The Morgan fingerprint density at radius 3 is 2.63 bits per heavy atom. The van der Waals surface area contributed by atoms with Crippen molar-refractivity contribution in [3.8, 4) is 39.4 Å². The van der Waals surface area contributed by atoms with Gasteiger partial charge in [0.15, 0.2) is 16.7 Å². The first kappa shape index (κ1) is 23.4. The number of benzene rings is 2. The van der Waals surface area contributed by atoms with Gasteiger partial charge in [-0.05, 0) is 44.2 Å². The van der Waals surface area contributed by atoms with Gasteiger partial charge in [0.1, 0.15) is 22.5 Å². The van der Waals surface area contributed by atoms with Gasteiger partial charge in [-0.25, -0.2) is 15.0 Å². The number of fused-ring (bicyclic) bond motifs is 1. The van der Waals surface area contributed by atoms with E-state index in [1.54, 1.807) is 11.3 Å². The quantitative estimate of drug-likeness (QED) is 0.214. The number of halogens is 1. The van der Waals surface area contributed by atoms with Crippen molar-refractivity contribution in [3.63, 3.8) is 0 Å². The number of thiazole rings is 1. The number of hydrogen-bond donors (Lipinski definition) is 1. The molecule has 176 valence electrons. The zero-order chi connectivity index (χ0) is 24.4. The average molecular weight is 522 g/mol. The number of rotatable bonds is 7. The lowest BCUT2D eigenvalue weighted by Gasteiger charge is -2.15. The summed E-state index contributed by atoms with van der Waals surface area (Å²) in [5.74, 6) is 2.41. The van der Waals surface area contributed by atoms with E-state index in [-0.39, 0.29) is 12.8 Å². The standard InChI is InChI=1S/C25H20ClN5O2S2/c1-14(2)28-23-19(10-27)22(16-5-8-20-21(9-16)33-13-32-20)30-25(31-23)35-12-18-11-34-24(29-18)15-3-6-17(26)7-4-15/h3-9,11,14H,12-13H2,1-2H3,(H,28,30,31). The fourth-order valence-electron chi connectivity index (χ4n) is 3.48. The molecule has 3 heterocycles. The van der Waals surface area contributed by atoms with Gasteiger partial charge in [0.2, 0.25) is 6.79 Å². The highest BCUT2D eigenvalue weighted by molar-refractivity contribution is 7.98. The highest BCUT2D eigenvalue weighted by atomic mass is 35.5. The van der Waals surface area contributed by atoms with Crippen molar-refractivity contribution in [1.29, 1.82) is 5.26 Å². The topological polar surface area (TPSA) is 93.0 Å². The van der Waals surface area contributed by atoms with Crippen LogP contribution < -0.4 is 14.8 Å². The third-order valence-corrected chi connectivity index (χ3v) is 7.14. The molecule has 0 fully saturated rings. The van der Waals surface area contributed by atoms with Gasteiger partial charge in [-0.2, -0.15) is 5.26 Å². The van der Waals surface area contributed by atoms with E-state index in [1.807, 2.05) is 61.7 Å². The van der Waals surface area contributed by atoms with Crippen LogP contribution in [0.3, 0.4) is 0 Å². The lowest BCUT2D eigenvalue weighted by atomic mass is 10.1. The fourth-order valence-corrected chi connectivity index (χ4v) is 5.27. The van der Waals surface area contributed by atoms with E-state index >= 15 is 0 Å². The zero-order valence-corrected chi connectivity index (χ0v) is 21.3. The second kappa shape index (κ2) is 10.1. The molecule has 5 rings (SSSR count). The van der Waals surface area contributed by atoms with Crippen LogP contribution in [0.2, 0.25) is 5.02 Å². The lowest BCUT2D eigenvalue weighted by molar-refractivity contribution is 0.174. The van der Waals surface area contributed by atoms with Crippen molar-refractivity contribution in [2.24, 2.45) is 0 Å². The third kappa shape index (κ3) is 5.20. The van der Waals surface area contributed by atoms with E-state index in [4.69, 9.17) is 31.0 Å². The first-order valence-corrected chi connectivity index (χ1v) is 13.1. The van der Waals surface area contributed by atoms with Gasteiger partial charge in [0, 0.05) is 33.3 Å². The summed E-state index contributed by atoms with van der Waals surface area (Å²) in [6.45, 7) is 4.19. The molecule has 0 saturated heterocycles. The Labute approximate surface area is 216 Å². The number of ether oxygens (including phenoxy) is 2. The minimum absolute atomic E-state index is 0.0972. The molecule has 2 aromatic carbocycles. The van der Waals surface area contributed by atoms with Crippen molar-refractivity contribution >= 4 is 40.5 Å². The van der Waals surface area contributed by atoms with Crippen LogP contribution in [0.25, 0.3) is 21.8 Å². The van der Waals surface area contributed by atoms with E-state index in [0.29, 0.717) is 44.5 Å². The van der Waals surface area contributed by atoms with Gasteiger partial charge in [-0.15, -0.1) is 11.3 Å². The fraction of sp³-hybridized carbons (Fsp3) is 0.200. The van der Waals surface area contributed by atoms with Crippen LogP contribution in [0.4, 0.5) is 5.82 Å². The third-order valence-electron chi connectivity index (χ3n) is 5.06. The molecule has 0 aliphatic carbocycles. The molecule has 10 heteroatoms. The summed E-state index contributed by atoms with van der Waals surface area (Å²) in [7, 11) is 0. The Bertz CT molecular complexity index is 1420. The van der Waals surface area contributed by atoms with Crippen molar-refractivity contribution in [2.75, 3.05) is 12.1 Å². The van der Waals surface area contributed by atoms with Crippen molar-refractivity contribution in [3.05, 3.63) is 64.1 Å². The SMILES string of the molecule is CC(C)Nc1nc(SCc2csc(-c3ccc(Cl)cc3)n2)nc(-c2ccc3c(c2)OCO3)c1C#N. The maximum atomic E-state index is 9.94. The summed E-state index contributed by atoms with van der Waals surface area (Å²) < 4.78 is 11.0. The molecule has 0 spiro atoms. The van der Waals surface area contributed by atoms with Gasteiger partial charge in [-0.3, -0.25) is 0 Å². The van der Waals surface area contributed by atoms with Gasteiger partial charge >= 0.3 is 0 Å². The summed E-state index contributed by atoms with van der Waals surface area (Å²) >= 11 is 9.06. The van der Waals surface area contributed by atoms with Gasteiger partial charge in [0.25, 0.3) is 0 Å². The van der Waals surface area contributed by atoms with E-state index in [9.17, 15) is 5.26 Å². The number of anilines is 1. The van der Waals surface area contributed by atoms with Crippen molar-refractivity contribution in [2.45, 2.75) is 30.8 Å². The molecular weight excluding hydrogens is 502 g/mol. The Balaban J connectivity index is 1.44. The van der Waals surface area contributed by atoms with Crippen molar-refractivity contribution < 1.29 is 9.47 Å². The molecule has 7 nitrogen and oxygen atoms in total. The molecular formula is C25H20ClN5O2S2. The smallest absolute Gasteiger partial charge is 0.231 e. The van der Waals surface area contributed by atoms with Gasteiger partial charge < -0.3 is 14.8 Å². The number of nitrogens with zero attached hydrogens (tertiary/aromatic N) is 4. The summed E-state index contributed by atoms with van der Waals surface area (Å²) in [6, 6.07) is 15.6. The number of thioether (sulfide) groups is 1. The maximum absolute atomic E-state index is 9.94. The number of nitriles is 1.